The molecule has 7 heteroatoms. The Balaban J connectivity index is 2.30. The molecule has 0 saturated carbocycles. The Kier molecular flexibility index (Phi) is 4.26. The van der Waals surface area contributed by atoms with Gasteiger partial charge in [0.1, 0.15) is 4.83 Å². The molecular weight excluding hydrogens is 284 g/mol. The predicted molar refractivity (Wildman–Crippen MR) is 77.4 cm³/mol. The molecule has 0 aliphatic rings. The molecule has 0 saturated heterocycles. The van der Waals surface area contributed by atoms with Crippen molar-refractivity contribution >= 4 is 39.3 Å². The lowest BCUT2D eigenvalue weighted by Crippen LogP contribution is -2.11. The van der Waals surface area contributed by atoms with Gasteiger partial charge in [0.15, 0.2) is 5.16 Å². The number of carboxylic acids is 1. The lowest BCUT2D eigenvalue weighted by atomic mass is 10.2. The number of thiophene rings is 1. The number of aromatic carboxylic acids is 1. The summed E-state index contributed by atoms with van der Waals surface area (Å²) in [6.45, 7) is 4.27. The van der Waals surface area contributed by atoms with Crippen molar-refractivity contribution in [2.75, 3.05) is 5.75 Å². The number of H-pyrrole nitrogens is 1. The first-order chi connectivity index (χ1) is 8.99. The van der Waals surface area contributed by atoms with Crippen molar-refractivity contribution < 1.29 is 9.90 Å². The molecular formula is C12H14N2O3S2. The minimum absolute atomic E-state index is 0.0208. The Morgan fingerprint density at radius 3 is 2.95 bits per heavy atom. The van der Waals surface area contributed by atoms with Crippen molar-refractivity contribution in [3.8, 4) is 0 Å². The highest BCUT2D eigenvalue weighted by Crippen LogP contribution is 2.24. The third kappa shape index (κ3) is 3.16. The van der Waals surface area contributed by atoms with Crippen LogP contribution in [0.15, 0.2) is 15.3 Å². The Morgan fingerprint density at radius 2 is 2.32 bits per heavy atom. The minimum Gasteiger partial charge on any atom is -0.478 e. The van der Waals surface area contributed by atoms with Crippen LogP contribution in [0.25, 0.3) is 10.2 Å². The van der Waals surface area contributed by atoms with Gasteiger partial charge in [0.2, 0.25) is 0 Å². The quantitative estimate of drug-likeness (QED) is 0.655. The zero-order chi connectivity index (χ0) is 14.0. The van der Waals surface area contributed by atoms with Gasteiger partial charge >= 0.3 is 5.97 Å². The molecule has 2 N–H and O–H groups in total. The van der Waals surface area contributed by atoms with Crippen LogP contribution in [-0.4, -0.2) is 26.8 Å². The standard InChI is InChI=1S/C12H14N2O3S2/c1-6(2)3-4-18-12-13-9(15)8-7(11(16)17)5-19-10(8)14-12/h5-6H,3-4H2,1-2H3,(H,16,17)(H,13,14,15). The number of thioether (sulfide) groups is 1. The second-order valence-corrected chi connectivity index (χ2v) is 6.48. The monoisotopic (exact) mass is 298 g/mol. The van der Waals surface area contributed by atoms with Crippen molar-refractivity contribution in [1.29, 1.82) is 0 Å². The van der Waals surface area contributed by atoms with Crippen LogP contribution in [0.5, 0.6) is 0 Å². The molecule has 2 aromatic heterocycles. The lowest BCUT2D eigenvalue weighted by molar-refractivity contribution is 0.0699. The van der Waals surface area contributed by atoms with Crippen LogP contribution in [0.1, 0.15) is 30.6 Å². The van der Waals surface area contributed by atoms with Crippen molar-refractivity contribution in [3.63, 3.8) is 0 Å². The van der Waals surface area contributed by atoms with E-state index in [4.69, 9.17) is 5.11 Å². The van der Waals surface area contributed by atoms with Gasteiger partial charge in [-0.3, -0.25) is 4.79 Å². The summed E-state index contributed by atoms with van der Waals surface area (Å²) in [6.07, 6.45) is 1.04. The van der Waals surface area contributed by atoms with E-state index in [1.165, 1.54) is 28.5 Å². The van der Waals surface area contributed by atoms with Gasteiger partial charge in [-0.25, -0.2) is 9.78 Å². The average molecular weight is 298 g/mol. The van der Waals surface area contributed by atoms with Gasteiger partial charge in [-0.05, 0) is 12.3 Å². The summed E-state index contributed by atoms with van der Waals surface area (Å²) in [5.41, 5.74) is -0.358. The van der Waals surface area contributed by atoms with Gasteiger partial charge < -0.3 is 10.1 Å². The molecule has 5 nitrogen and oxygen atoms in total. The summed E-state index contributed by atoms with van der Waals surface area (Å²) >= 11 is 2.67. The van der Waals surface area contributed by atoms with E-state index in [0.29, 0.717) is 15.9 Å². The maximum Gasteiger partial charge on any atom is 0.337 e. The molecule has 0 spiro atoms. The molecule has 0 aliphatic carbocycles. The van der Waals surface area contributed by atoms with E-state index in [9.17, 15) is 9.59 Å². The van der Waals surface area contributed by atoms with E-state index in [0.717, 1.165) is 12.2 Å². The Labute approximate surface area is 118 Å². The molecule has 102 valence electrons. The van der Waals surface area contributed by atoms with Crippen molar-refractivity contribution in [2.45, 2.75) is 25.4 Å². The molecule has 2 rings (SSSR count). The molecule has 0 aliphatic heterocycles. The number of fused-ring (bicyclic) bond motifs is 1. The van der Waals surface area contributed by atoms with Crippen LogP contribution < -0.4 is 5.56 Å². The molecule has 2 aromatic rings. The number of rotatable bonds is 5. The smallest absolute Gasteiger partial charge is 0.337 e. The van der Waals surface area contributed by atoms with Crippen LogP contribution in [0.3, 0.4) is 0 Å². The normalized spacial score (nSPS) is 11.3. The van der Waals surface area contributed by atoms with Gasteiger partial charge in [0.25, 0.3) is 5.56 Å². The van der Waals surface area contributed by atoms with Gasteiger partial charge in [-0.2, -0.15) is 0 Å². The van der Waals surface area contributed by atoms with Gasteiger partial charge in [0.05, 0.1) is 10.9 Å². The first kappa shape index (κ1) is 14.1. The molecule has 0 bridgehead atoms. The largest absolute Gasteiger partial charge is 0.478 e. The fourth-order valence-corrected chi connectivity index (χ4v) is 3.62. The number of hydrogen-bond donors (Lipinski definition) is 2. The summed E-state index contributed by atoms with van der Waals surface area (Å²) in [7, 11) is 0. The van der Waals surface area contributed by atoms with Crippen LogP contribution in [0.2, 0.25) is 0 Å². The molecule has 0 radical (unpaired) electrons. The number of aromatic amines is 1. The fourth-order valence-electron chi connectivity index (χ4n) is 1.55. The van der Waals surface area contributed by atoms with E-state index >= 15 is 0 Å². The van der Waals surface area contributed by atoms with Gasteiger partial charge in [-0.15, -0.1) is 11.3 Å². The maximum absolute atomic E-state index is 11.9. The predicted octanol–water partition coefficient (Wildman–Crippen LogP) is 2.82. The minimum atomic E-state index is -1.10. The summed E-state index contributed by atoms with van der Waals surface area (Å²) in [6, 6.07) is 0. The second kappa shape index (κ2) is 5.75. The number of nitrogens with zero attached hydrogens (tertiary/aromatic N) is 1. The van der Waals surface area contributed by atoms with Crippen LogP contribution in [0, 0.1) is 5.92 Å². The number of carboxylic acid groups (broad SMARTS) is 1. The average Bonchev–Trinajstić information content (AvgIpc) is 2.72. The van der Waals surface area contributed by atoms with E-state index < -0.39 is 5.97 Å². The van der Waals surface area contributed by atoms with E-state index in [1.54, 1.807) is 0 Å². The highest BCUT2D eigenvalue weighted by molar-refractivity contribution is 7.99. The maximum atomic E-state index is 11.9. The lowest BCUT2D eigenvalue weighted by Gasteiger charge is -2.03. The zero-order valence-corrected chi connectivity index (χ0v) is 12.2. The Bertz CT molecular complexity index is 661. The Hall–Kier alpha value is -1.34. The Morgan fingerprint density at radius 1 is 1.58 bits per heavy atom. The van der Waals surface area contributed by atoms with Gasteiger partial charge in [0, 0.05) is 11.1 Å². The third-order valence-corrected chi connectivity index (χ3v) is 4.37. The van der Waals surface area contributed by atoms with Crippen LogP contribution in [0.4, 0.5) is 0 Å². The van der Waals surface area contributed by atoms with Crippen molar-refractivity contribution in [1.82, 2.24) is 9.97 Å². The summed E-state index contributed by atoms with van der Waals surface area (Å²) in [5.74, 6) is 0.380. The molecule has 0 aromatic carbocycles. The van der Waals surface area contributed by atoms with Crippen molar-refractivity contribution in [3.05, 3.63) is 21.3 Å². The topological polar surface area (TPSA) is 83.0 Å². The molecule has 0 unspecified atom stereocenters. The molecule has 0 fully saturated rings. The fraction of sp³-hybridized carbons (Fsp3) is 0.417. The molecule has 0 amide bonds. The first-order valence-corrected chi connectivity index (χ1v) is 7.73. The van der Waals surface area contributed by atoms with E-state index in [2.05, 4.69) is 23.8 Å². The van der Waals surface area contributed by atoms with Crippen molar-refractivity contribution in [2.24, 2.45) is 5.92 Å². The SMILES string of the molecule is CC(C)CCSc1nc2scc(C(=O)O)c2c(=O)[nH]1. The van der Waals surface area contributed by atoms with Gasteiger partial charge in [-0.1, -0.05) is 25.6 Å². The first-order valence-electron chi connectivity index (χ1n) is 5.86. The number of aromatic nitrogens is 2. The summed E-state index contributed by atoms with van der Waals surface area (Å²) in [5, 5.41) is 11.2. The highest BCUT2D eigenvalue weighted by atomic mass is 32.2. The second-order valence-electron chi connectivity index (χ2n) is 4.54. The highest BCUT2D eigenvalue weighted by Gasteiger charge is 2.16. The van der Waals surface area contributed by atoms with Crippen LogP contribution >= 0.6 is 23.1 Å². The molecule has 0 atom stereocenters. The van der Waals surface area contributed by atoms with E-state index in [-0.39, 0.29) is 16.5 Å². The zero-order valence-electron chi connectivity index (χ0n) is 10.6. The van der Waals surface area contributed by atoms with Crippen LogP contribution in [-0.2, 0) is 0 Å². The molecule has 19 heavy (non-hydrogen) atoms. The summed E-state index contributed by atoms with van der Waals surface area (Å²) in [4.78, 5) is 30.3. The third-order valence-electron chi connectivity index (χ3n) is 2.59. The summed E-state index contributed by atoms with van der Waals surface area (Å²) < 4.78 is 0. The number of carbonyl (C=O) groups is 1. The van der Waals surface area contributed by atoms with E-state index in [1.807, 2.05) is 0 Å². The molecule has 2 heterocycles. The number of nitrogens with one attached hydrogen (secondary N) is 1. The number of hydrogen-bond acceptors (Lipinski definition) is 5.